The highest BCUT2D eigenvalue weighted by Gasteiger charge is 2.12. The van der Waals surface area contributed by atoms with Gasteiger partial charge in [-0.3, -0.25) is 0 Å². The molecule has 4 heteroatoms. The van der Waals surface area contributed by atoms with E-state index in [2.05, 4.69) is 10.1 Å². The van der Waals surface area contributed by atoms with Crippen molar-refractivity contribution in [2.45, 2.75) is 13.3 Å². The molecule has 0 bridgehead atoms. The summed E-state index contributed by atoms with van der Waals surface area (Å²) >= 11 is 0. The first-order valence-electron chi connectivity index (χ1n) is 4.09. The summed E-state index contributed by atoms with van der Waals surface area (Å²) in [7, 11) is 0. The minimum absolute atomic E-state index is 0.428. The molecule has 0 aromatic carbocycles. The van der Waals surface area contributed by atoms with Crippen LogP contribution < -0.4 is 0 Å². The van der Waals surface area contributed by atoms with Crippen LogP contribution in [0.25, 0.3) is 0 Å². The Labute approximate surface area is 75.2 Å². The fourth-order valence-electron chi connectivity index (χ4n) is 1.22. The Hall–Kier alpha value is -1.45. The topological polar surface area (TPSA) is 34.5 Å². The van der Waals surface area contributed by atoms with Crippen LogP contribution in [0, 0.1) is 12.9 Å². The lowest BCUT2D eigenvalue weighted by Crippen LogP contribution is -2.00. The molecule has 13 heavy (non-hydrogen) atoms. The van der Waals surface area contributed by atoms with Gasteiger partial charge in [0.05, 0.1) is 5.71 Å². The van der Waals surface area contributed by atoms with Gasteiger partial charge in [-0.25, -0.2) is 4.98 Å². The van der Waals surface area contributed by atoms with Gasteiger partial charge in [-0.1, -0.05) is 5.16 Å². The van der Waals surface area contributed by atoms with E-state index in [1.165, 1.54) is 6.20 Å². The lowest BCUT2D eigenvalue weighted by Gasteiger charge is -1.99. The molecule has 0 atom stereocenters. The number of hydrogen-bond donors (Lipinski definition) is 0. The molecule has 1 aliphatic heterocycles. The molecule has 0 amide bonds. The standard InChI is InChI=1S/C9H9FN2O/c1-6-4-7(5-11-9(6)10)8-2-3-13-12-8/h4-5H,2-3H2,1H3. The largest absolute Gasteiger partial charge is 0.395 e. The number of hydrogen-bond acceptors (Lipinski definition) is 3. The molecule has 0 saturated carbocycles. The van der Waals surface area contributed by atoms with E-state index in [1.54, 1.807) is 13.0 Å². The van der Waals surface area contributed by atoms with Crippen LogP contribution in [0.15, 0.2) is 17.4 Å². The summed E-state index contributed by atoms with van der Waals surface area (Å²) in [4.78, 5) is 8.47. The molecule has 0 unspecified atom stereocenters. The fraction of sp³-hybridized carbons (Fsp3) is 0.333. The van der Waals surface area contributed by atoms with Crippen LogP contribution in [0.3, 0.4) is 0 Å². The molecule has 0 spiro atoms. The van der Waals surface area contributed by atoms with Crippen molar-refractivity contribution < 1.29 is 9.23 Å². The van der Waals surface area contributed by atoms with Crippen molar-refractivity contribution >= 4 is 5.71 Å². The summed E-state index contributed by atoms with van der Waals surface area (Å²) < 4.78 is 12.8. The van der Waals surface area contributed by atoms with Gasteiger partial charge >= 0.3 is 0 Å². The number of halogens is 1. The van der Waals surface area contributed by atoms with Gasteiger partial charge in [-0.05, 0) is 13.0 Å². The van der Waals surface area contributed by atoms with Crippen LogP contribution in [0.4, 0.5) is 4.39 Å². The van der Waals surface area contributed by atoms with Crippen LogP contribution in [0.5, 0.6) is 0 Å². The number of nitrogens with zero attached hydrogens (tertiary/aromatic N) is 2. The molecule has 0 aliphatic carbocycles. The normalized spacial score (nSPS) is 15.4. The predicted molar refractivity (Wildman–Crippen MR) is 46.0 cm³/mol. The molecule has 0 radical (unpaired) electrons. The van der Waals surface area contributed by atoms with Crippen molar-refractivity contribution in [3.8, 4) is 0 Å². The van der Waals surface area contributed by atoms with Crippen molar-refractivity contribution in [2.75, 3.05) is 6.61 Å². The van der Waals surface area contributed by atoms with Gasteiger partial charge in [0.2, 0.25) is 5.95 Å². The lowest BCUT2D eigenvalue weighted by molar-refractivity contribution is 0.174. The van der Waals surface area contributed by atoms with E-state index in [1.807, 2.05) is 0 Å². The third-order valence-electron chi connectivity index (χ3n) is 1.95. The molecular weight excluding hydrogens is 171 g/mol. The van der Waals surface area contributed by atoms with Gasteiger partial charge < -0.3 is 4.84 Å². The van der Waals surface area contributed by atoms with E-state index < -0.39 is 5.95 Å². The van der Waals surface area contributed by atoms with Gasteiger partial charge in [0.25, 0.3) is 0 Å². The van der Waals surface area contributed by atoms with Gasteiger partial charge in [-0.2, -0.15) is 4.39 Å². The van der Waals surface area contributed by atoms with Crippen molar-refractivity contribution in [1.82, 2.24) is 4.98 Å². The summed E-state index contributed by atoms with van der Waals surface area (Å²) in [5, 5.41) is 3.83. The fourth-order valence-corrected chi connectivity index (χ4v) is 1.22. The molecule has 2 heterocycles. The lowest BCUT2D eigenvalue weighted by atomic mass is 10.1. The van der Waals surface area contributed by atoms with Crippen LogP contribution >= 0.6 is 0 Å². The minimum Gasteiger partial charge on any atom is -0.395 e. The molecule has 3 nitrogen and oxygen atoms in total. The Morgan fingerprint density at radius 2 is 2.38 bits per heavy atom. The quantitative estimate of drug-likeness (QED) is 0.616. The average molecular weight is 180 g/mol. The number of rotatable bonds is 1. The van der Waals surface area contributed by atoms with Gasteiger partial charge in [0, 0.05) is 23.7 Å². The second kappa shape index (κ2) is 3.12. The molecule has 0 N–H and O–H groups in total. The van der Waals surface area contributed by atoms with Crippen molar-refractivity contribution in [3.05, 3.63) is 29.3 Å². The van der Waals surface area contributed by atoms with E-state index in [0.717, 1.165) is 17.7 Å². The van der Waals surface area contributed by atoms with Crippen LogP contribution in [-0.2, 0) is 4.84 Å². The highest BCUT2D eigenvalue weighted by Crippen LogP contribution is 2.12. The number of aryl methyl sites for hydroxylation is 1. The molecular formula is C9H9FN2O. The molecule has 1 aromatic heterocycles. The zero-order valence-corrected chi connectivity index (χ0v) is 7.25. The number of aromatic nitrogens is 1. The smallest absolute Gasteiger partial charge is 0.215 e. The molecule has 0 saturated heterocycles. The third kappa shape index (κ3) is 1.52. The van der Waals surface area contributed by atoms with Crippen molar-refractivity contribution in [3.63, 3.8) is 0 Å². The molecule has 1 aliphatic rings. The maximum atomic E-state index is 12.8. The monoisotopic (exact) mass is 180 g/mol. The summed E-state index contributed by atoms with van der Waals surface area (Å²) in [6.45, 7) is 2.29. The molecule has 0 fully saturated rings. The van der Waals surface area contributed by atoms with Crippen LogP contribution in [0.2, 0.25) is 0 Å². The van der Waals surface area contributed by atoms with Crippen LogP contribution in [-0.4, -0.2) is 17.3 Å². The first-order valence-corrected chi connectivity index (χ1v) is 4.09. The summed E-state index contributed by atoms with van der Waals surface area (Å²) in [5.41, 5.74) is 2.22. The summed E-state index contributed by atoms with van der Waals surface area (Å²) in [6.07, 6.45) is 2.25. The Balaban J connectivity index is 2.36. The molecule has 1 aromatic rings. The van der Waals surface area contributed by atoms with Gasteiger partial charge in [0.15, 0.2) is 0 Å². The van der Waals surface area contributed by atoms with Crippen LogP contribution in [0.1, 0.15) is 17.5 Å². The van der Waals surface area contributed by atoms with E-state index >= 15 is 0 Å². The minimum atomic E-state index is -0.428. The summed E-state index contributed by atoms with van der Waals surface area (Å²) in [5.74, 6) is -0.428. The maximum Gasteiger partial charge on any atom is 0.215 e. The SMILES string of the molecule is Cc1cc(C2=NOCC2)cnc1F. The van der Waals surface area contributed by atoms with E-state index in [-0.39, 0.29) is 0 Å². The Kier molecular flexibility index (Phi) is 1.96. The van der Waals surface area contributed by atoms with Gasteiger partial charge in [-0.15, -0.1) is 0 Å². The second-order valence-corrected chi connectivity index (χ2v) is 2.95. The number of oxime groups is 1. The van der Waals surface area contributed by atoms with E-state index in [9.17, 15) is 4.39 Å². The second-order valence-electron chi connectivity index (χ2n) is 2.95. The van der Waals surface area contributed by atoms with E-state index in [4.69, 9.17) is 4.84 Å². The predicted octanol–water partition coefficient (Wildman–Crippen LogP) is 1.65. The summed E-state index contributed by atoms with van der Waals surface area (Å²) in [6, 6.07) is 1.73. The highest BCUT2D eigenvalue weighted by atomic mass is 19.1. The first-order chi connectivity index (χ1) is 6.27. The molecule has 68 valence electrons. The maximum absolute atomic E-state index is 12.8. The average Bonchev–Trinajstić information content (AvgIpc) is 2.62. The number of pyridine rings is 1. The third-order valence-corrected chi connectivity index (χ3v) is 1.95. The van der Waals surface area contributed by atoms with Gasteiger partial charge in [0.1, 0.15) is 6.61 Å². The van der Waals surface area contributed by atoms with Crippen molar-refractivity contribution in [2.24, 2.45) is 5.16 Å². The van der Waals surface area contributed by atoms with Crippen molar-refractivity contribution in [1.29, 1.82) is 0 Å². The Morgan fingerprint density at radius 1 is 1.54 bits per heavy atom. The Morgan fingerprint density at radius 3 is 3.00 bits per heavy atom. The zero-order valence-electron chi connectivity index (χ0n) is 7.25. The molecule has 2 rings (SSSR count). The first kappa shape index (κ1) is 8.16. The Bertz CT molecular complexity index is 363. The van der Waals surface area contributed by atoms with E-state index in [0.29, 0.717) is 12.2 Å². The zero-order chi connectivity index (χ0) is 9.26. The highest BCUT2D eigenvalue weighted by molar-refractivity contribution is 6.00.